The van der Waals surface area contributed by atoms with E-state index in [-0.39, 0.29) is 16.5 Å². The van der Waals surface area contributed by atoms with Crippen molar-refractivity contribution in [3.63, 3.8) is 0 Å². The van der Waals surface area contributed by atoms with E-state index in [0.717, 1.165) is 25.3 Å². The number of benzene rings is 2. The van der Waals surface area contributed by atoms with E-state index in [1.807, 2.05) is 0 Å². The Morgan fingerprint density at radius 1 is 1.17 bits per heavy atom. The summed E-state index contributed by atoms with van der Waals surface area (Å²) in [5.74, 6) is -0.867. The van der Waals surface area contributed by atoms with Crippen LogP contribution >= 0.6 is 11.6 Å². The number of phenols is 1. The van der Waals surface area contributed by atoms with Crippen LogP contribution in [0.1, 0.15) is 5.56 Å². The Labute approximate surface area is 140 Å². The molecule has 0 saturated carbocycles. The second-order valence-corrected chi connectivity index (χ2v) is 6.72. The van der Waals surface area contributed by atoms with Crippen LogP contribution in [-0.2, 0) is 16.2 Å². The predicted molar refractivity (Wildman–Crippen MR) is 81.9 cm³/mol. The van der Waals surface area contributed by atoms with Crippen LogP contribution < -0.4 is 9.46 Å². The standard InChI is InChI=1S/C14H11ClF3NO4S/c1-23-13-5-3-9(7-10(13)14(16,17)18)24(21,22)19-8-2-4-11(15)12(20)6-8/h2-7,19-20H,1H3. The van der Waals surface area contributed by atoms with Crippen molar-refractivity contribution in [3.05, 3.63) is 47.0 Å². The number of anilines is 1. The van der Waals surface area contributed by atoms with Crippen molar-refractivity contribution < 1.29 is 31.4 Å². The molecule has 0 aliphatic carbocycles. The van der Waals surface area contributed by atoms with Crippen molar-refractivity contribution in [2.75, 3.05) is 11.8 Å². The van der Waals surface area contributed by atoms with Crippen molar-refractivity contribution in [2.24, 2.45) is 0 Å². The van der Waals surface area contributed by atoms with Gasteiger partial charge in [0.1, 0.15) is 11.5 Å². The van der Waals surface area contributed by atoms with E-state index in [1.165, 1.54) is 12.1 Å². The summed E-state index contributed by atoms with van der Waals surface area (Å²) in [5, 5.41) is 9.46. The van der Waals surface area contributed by atoms with Crippen LogP contribution in [0, 0.1) is 0 Å². The number of methoxy groups -OCH3 is 1. The highest BCUT2D eigenvalue weighted by Crippen LogP contribution is 2.37. The summed E-state index contributed by atoms with van der Waals surface area (Å²) in [6.07, 6.45) is -4.78. The van der Waals surface area contributed by atoms with Crippen LogP contribution in [0.25, 0.3) is 0 Å². The Morgan fingerprint density at radius 2 is 1.83 bits per heavy atom. The highest BCUT2D eigenvalue weighted by Gasteiger charge is 2.35. The number of alkyl halides is 3. The Kier molecular flexibility index (Phi) is 4.86. The molecule has 2 aromatic rings. The molecule has 10 heteroatoms. The van der Waals surface area contributed by atoms with Crippen LogP contribution in [0.4, 0.5) is 18.9 Å². The Morgan fingerprint density at radius 3 is 2.38 bits per heavy atom. The summed E-state index contributed by atoms with van der Waals surface area (Å²) in [6.45, 7) is 0. The highest BCUT2D eigenvalue weighted by molar-refractivity contribution is 7.92. The van der Waals surface area contributed by atoms with E-state index in [1.54, 1.807) is 0 Å². The normalized spacial score (nSPS) is 12.0. The van der Waals surface area contributed by atoms with Crippen molar-refractivity contribution in [1.29, 1.82) is 0 Å². The van der Waals surface area contributed by atoms with Crippen LogP contribution in [-0.4, -0.2) is 20.6 Å². The summed E-state index contributed by atoms with van der Waals surface area (Å²) in [7, 11) is -3.26. The van der Waals surface area contributed by atoms with E-state index in [2.05, 4.69) is 9.46 Å². The van der Waals surface area contributed by atoms with Crippen molar-refractivity contribution in [3.8, 4) is 11.5 Å². The first-order chi connectivity index (χ1) is 11.0. The van der Waals surface area contributed by atoms with Crippen LogP contribution in [0.2, 0.25) is 5.02 Å². The summed E-state index contributed by atoms with van der Waals surface area (Å²) in [4.78, 5) is -0.606. The molecule has 2 rings (SSSR count). The van der Waals surface area contributed by atoms with E-state index in [4.69, 9.17) is 11.6 Å². The lowest BCUT2D eigenvalue weighted by Gasteiger charge is -2.14. The van der Waals surface area contributed by atoms with Gasteiger partial charge >= 0.3 is 6.18 Å². The van der Waals surface area contributed by atoms with E-state index in [0.29, 0.717) is 6.07 Å². The first-order valence-electron chi connectivity index (χ1n) is 6.31. The van der Waals surface area contributed by atoms with Crippen LogP contribution in [0.3, 0.4) is 0 Å². The molecule has 0 radical (unpaired) electrons. The third-order valence-corrected chi connectivity index (χ3v) is 4.68. The van der Waals surface area contributed by atoms with Crippen molar-refractivity contribution >= 4 is 27.3 Å². The molecule has 0 fully saturated rings. The van der Waals surface area contributed by atoms with Gasteiger partial charge in [-0.25, -0.2) is 8.42 Å². The quantitative estimate of drug-likeness (QED) is 0.843. The minimum Gasteiger partial charge on any atom is -0.506 e. The topological polar surface area (TPSA) is 75.6 Å². The lowest BCUT2D eigenvalue weighted by Crippen LogP contribution is -2.15. The zero-order valence-electron chi connectivity index (χ0n) is 12.1. The average Bonchev–Trinajstić information content (AvgIpc) is 2.49. The number of halogens is 4. The monoisotopic (exact) mass is 381 g/mol. The molecule has 0 unspecified atom stereocenters. The van der Waals surface area contributed by atoms with Gasteiger partial charge in [0.05, 0.1) is 28.3 Å². The molecule has 0 atom stereocenters. The zero-order chi connectivity index (χ0) is 18.1. The minimum atomic E-state index is -4.78. The number of sulfonamides is 1. The Bertz CT molecular complexity index is 869. The van der Waals surface area contributed by atoms with E-state index < -0.39 is 32.4 Å². The number of ether oxygens (including phenoxy) is 1. The molecule has 130 valence electrons. The van der Waals surface area contributed by atoms with Gasteiger partial charge in [0.15, 0.2) is 0 Å². The molecular formula is C14H11ClF3NO4S. The van der Waals surface area contributed by atoms with E-state index >= 15 is 0 Å². The number of rotatable bonds is 4. The molecule has 0 saturated heterocycles. The Balaban J connectivity index is 2.44. The van der Waals surface area contributed by atoms with Crippen LogP contribution in [0.5, 0.6) is 11.5 Å². The van der Waals surface area contributed by atoms with Gasteiger partial charge in [-0.3, -0.25) is 4.72 Å². The largest absolute Gasteiger partial charge is 0.506 e. The van der Waals surface area contributed by atoms with Gasteiger partial charge in [-0.15, -0.1) is 0 Å². The fraction of sp³-hybridized carbons (Fsp3) is 0.143. The molecule has 0 aromatic heterocycles. The van der Waals surface area contributed by atoms with Crippen molar-refractivity contribution in [2.45, 2.75) is 11.1 Å². The van der Waals surface area contributed by atoms with Crippen LogP contribution in [0.15, 0.2) is 41.3 Å². The predicted octanol–water partition coefficient (Wildman–Crippen LogP) is 3.87. The highest BCUT2D eigenvalue weighted by atomic mass is 35.5. The average molecular weight is 382 g/mol. The Hall–Kier alpha value is -2.13. The summed E-state index contributed by atoms with van der Waals surface area (Å²) in [6, 6.07) is 5.89. The van der Waals surface area contributed by atoms with Gasteiger partial charge in [0.25, 0.3) is 10.0 Å². The third kappa shape index (κ3) is 3.85. The fourth-order valence-electron chi connectivity index (χ4n) is 1.87. The summed E-state index contributed by atoms with van der Waals surface area (Å²) >= 11 is 5.61. The molecule has 0 amide bonds. The molecule has 0 heterocycles. The molecule has 0 aliphatic rings. The molecule has 2 N–H and O–H groups in total. The number of phenolic OH excluding ortho intramolecular Hbond substituents is 1. The van der Waals surface area contributed by atoms with Gasteiger partial charge in [-0.1, -0.05) is 11.6 Å². The van der Waals surface area contributed by atoms with Gasteiger partial charge in [0.2, 0.25) is 0 Å². The first kappa shape index (κ1) is 18.2. The molecule has 24 heavy (non-hydrogen) atoms. The van der Waals surface area contributed by atoms with Crippen molar-refractivity contribution in [1.82, 2.24) is 0 Å². The zero-order valence-corrected chi connectivity index (χ0v) is 13.6. The molecule has 2 aromatic carbocycles. The first-order valence-corrected chi connectivity index (χ1v) is 8.17. The minimum absolute atomic E-state index is 0.00162. The maximum Gasteiger partial charge on any atom is 0.420 e. The van der Waals surface area contributed by atoms with Gasteiger partial charge in [-0.05, 0) is 30.3 Å². The van der Waals surface area contributed by atoms with Gasteiger partial charge < -0.3 is 9.84 Å². The lowest BCUT2D eigenvalue weighted by molar-refractivity contribution is -0.138. The fourth-order valence-corrected chi connectivity index (χ4v) is 3.06. The molecule has 0 bridgehead atoms. The second kappa shape index (κ2) is 6.40. The summed E-state index contributed by atoms with van der Waals surface area (Å²) in [5.41, 5.74) is -1.27. The second-order valence-electron chi connectivity index (χ2n) is 4.63. The number of hydrogen-bond acceptors (Lipinski definition) is 4. The molecule has 0 spiro atoms. The number of aromatic hydroxyl groups is 1. The van der Waals surface area contributed by atoms with Gasteiger partial charge in [-0.2, -0.15) is 13.2 Å². The molecule has 5 nitrogen and oxygen atoms in total. The smallest absolute Gasteiger partial charge is 0.420 e. The third-order valence-electron chi connectivity index (χ3n) is 2.98. The SMILES string of the molecule is COc1ccc(S(=O)(=O)Nc2ccc(Cl)c(O)c2)cc1C(F)(F)F. The number of hydrogen-bond donors (Lipinski definition) is 2. The molecule has 0 aliphatic heterocycles. The maximum absolute atomic E-state index is 13.0. The van der Waals surface area contributed by atoms with Gasteiger partial charge in [0, 0.05) is 6.07 Å². The maximum atomic E-state index is 13.0. The lowest BCUT2D eigenvalue weighted by atomic mass is 10.2. The number of nitrogens with one attached hydrogen (secondary N) is 1. The summed E-state index contributed by atoms with van der Waals surface area (Å²) < 4.78 is 70.1. The van der Waals surface area contributed by atoms with E-state index in [9.17, 15) is 26.7 Å². The molecular weight excluding hydrogens is 371 g/mol.